The van der Waals surface area contributed by atoms with Crippen LogP contribution in [0.4, 0.5) is 4.79 Å². The Kier molecular flexibility index (Phi) is 4.24. The zero-order valence-corrected chi connectivity index (χ0v) is 8.95. The summed E-state index contributed by atoms with van der Waals surface area (Å²) < 4.78 is 0. The normalized spacial score (nSPS) is 22.0. The number of aliphatic hydroxyl groups excluding tert-OH is 1. The molecule has 90 valence electrons. The minimum absolute atomic E-state index is 0.0336. The predicted octanol–water partition coefficient (Wildman–Crippen LogP) is -1.53. The van der Waals surface area contributed by atoms with Crippen molar-refractivity contribution in [3.63, 3.8) is 0 Å². The number of amides is 4. The first-order valence-electron chi connectivity index (χ1n) is 5.02. The van der Waals surface area contributed by atoms with Crippen molar-refractivity contribution < 1.29 is 19.5 Å². The van der Waals surface area contributed by atoms with Crippen molar-refractivity contribution in [1.82, 2.24) is 16.0 Å². The maximum Gasteiger partial charge on any atom is 0.321 e. The number of aliphatic hydroxyl groups is 1. The van der Waals surface area contributed by atoms with Crippen molar-refractivity contribution in [3.05, 3.63) is 0 Å². The molecule has 2 unspecified atom stereocenters. The third-order valence-corrected chi connectivity index (χ3v) is 2.05. The van der Waals surface area contributed by atoms with Gasteiger partial charge in [-0.2, -0.15) is 0 Å². The molecule has 7 nitrogen and oxygen atoms in total. The van der Waals surface area contributed by atoms with Crippen LogP contribution in [-0.2, 0) is 9.59 Å². The first kappa shape index (κ1) is 12.4. The highest BCUT2D eigenvalue weighted by Gasteiger charge is 2.25. The molecule has 0 bridgehead atoms. The summed E-state index contributed by atoms with van der Waals surface area (Å²) in [5.41, 5.74) is 0. The van der Waals surface area contributed by atoms with Crippen LogP contribution in [0.3, 0.4) is 0 Å². The van der Waals surface area contributed by atoms with E-state index >= 15 is 0 Å². The van der Waals surface area contributed by atoms with Crippen LogP contribution in [0.5, 0.6) is 0 Å². The van der Waals surface area contributed by atoms with Gasteiger partial charge in [0.15, 0.2) is 0 Å². The first-order chi connectivity index (χ1) is 7.47. The van der Waals surface area contributed by atoms with Gasteiger partial charge in [-0.1, -0.05) is 0 Å². The fourth-order valence-corrected chi connectivity index (χ4v) is 1.35. The molecule has 0 aliphatic carbocycles. The lowest BCUT2D eigenvalue weighted by atomic mass is 10.1. The van der Waals surface area contributed by atoms with Gasteiger partial charge in [-0.05, 0) is 6.92 Å². The number of imide groups is 1. The Morgan fingerprint density at radius 3 is 2.88 bits per heavy atom. The molecule has 1 aliphatic heterocycles. The number of hydrogen-bond acceptors (Lipinski definition) is 4. The van der Waals surface area contributed by atoms with Crippen molar-refractivity contribution in [2.45, 2.75) is 31.9 Å². The number of hydrogen-bond donors (Lipinski definition) is 4. The predicted molar refractivity (Wildman–Crippen MR) is 54.4 cm³/mol. The third-order valence-electron chi connectivity index (χ3n) is 2.05. The molecule has 0 aromatic rings. The van der Waals surface area contributed by atoms with Crippen LogP contribution in [0.1, 0.15) is 19.8 Å². The van der Waals surface area contributed by atoms with Gasteiger partial charge in [-0.3, -0.25) is 14.9 Å². The van der Waals surface area contributed by atoms with Crippen LogP contribution in [0.15, 0.2) is 0 Å². The second-order valence-electron chi connectivity index (χ2n) is 3.78. The van der Waals surface area contributed by atoms with Crippen molar-refractivity contribution in [2.24, 2.45) is 0 Å². The third kappa shape index (κ3) is 4.26. The smallest absolute Gasteiger partial charge is 0.321 e. The van der Waals surface area contributed by atoms with Crippen molar-refractivity contribution in [1.29, 1.82) is 0 Å². The molecule has 4 N–H and O–H groups in total. The van der Waals surface area contributed by atoms with Crippen molar-refractivity contribution in [2.75, 3.05) is 6.54 Å². The van der Waals surface area contributed by atoms with E-state index in [9.17, 15) is 14.4 Å². The Balaban J connectivity index is 2.33. The molecular formula is C9H15N3O4. The highest BCUT2D eigenvalue weighted by Crippen LogP contribution is 2.02. The van der Waals surface area contributed by atoms with E-state index in [1.54, 1.807) is 6.92 Å². The number of carbonyl (C=O) groups is 3. The second kappa shape index (κ2) is 5.45. The highest BCUT2D eigenvalue weighted by atomic mass is 16.3. The van der Waals surface area contributed by atoms with Gasteiger partial charge in [0, 0.05) is 25.4 Å². The number of carbonyl (C=O) groups excluding carboxylic acids is 3. The van der Waals surface area contributed by atoms with E-state index in [0.717, 1.165) is 0 Å². The minimum Gasteiger partial charge on any atom is -0.392 e. The first-order valence-corrected chi connectivity index (χ1v) is 5.02. The maximum atomic E-state index is 11.3. The summed E-state index contributed by atoms with van der Waals surface area (Å²) in [7, 11) is 0. The molecule has 1 saturated heterocycles. The van der Waals surface area contributed by atoms with Crippen molar-refractivity contribution in [3.8, 4) is 0 Å². The lowest BCUT2D eigenvalue weighted by molar-refractivity contribution is -0.123. The molecule has 0 aromatic heterocycles. The molecule has 0 saturated carbocycles. The Bertz CT molecular complexity index is 287. The molecule has 16 heavy (non-hydrogen) atoms. The quantitative estimate of drug-likeness (QED) is 0.469. The Morgan fingerprint density at radius 1 is 1.62 bits per heavy atom. The van der Waals surface area contributed by atoms with Gasteiger partial charge >= 0.3 is 6.03 Å². The molecule has 1 rings (SSSR count). The van der Waals surface area contributed by atoms with Crippen LogP contribution < -0.4 is 16.0 Å². The van der Waals surface area contributed by atoms with Gasteiger partial charge in [-0.25, -0.2) is 4.79 Å². The van der Waals surface area contributed by atoms with E-state index in [1.807, 2.05) is 0 Å². The van der Waals surface area contributed by atoms with E-state index < -0.39 is 24.1 Å². The number of nitrogens with one attached hydrogen (secondary N) is 3. The van der Waals surface area contributed by atoms with Gasteiger partial charge in [0.25, 0.3) is 0 Å². The fourth-order valence-electron chi connectivity index (χ4n) is 1.35. The van der Waals surface area contributed by atoms with Gasteiger partial charge < -0.3 is 15.7 Å². The average molecular weight is 229 g/mol. The van der Waals surface area contributed by atoms with Crippen LogP contribution in [0.25, 0.3) is 0 Å². The zero-order chi connectivity index (χ0) is 12.1. The SMILES string of the molecule is CC(O)CNC(=O)CC1CC(=O)NC(=O)N1. The summed E-state index contributed by atoms with van der Waals surface area (Å²) in [6, 6.07) is -1.06. The minimum atomic E-state index is -0.617. The summed E-state index contributed by atoms with van der Waals surface area (Å²) >= 11 is 0. The molecule has 1 fully saturated rings. The van der Waals surface area contributed by atoms with Gasteiger partial charge in [0.05, 0.1) is 6.10 Å². The summed E-state index contributed by atoms with van der Waals surface area (Å²) in [5, 5.41) is 16.0. The summed E-state index contributed by atoms with van der Waals surface area (Å²) in [5.74, 6) is -0.696. The van der Waals surface area contributed by atoms with Gasteiger partial charge in [-0.15, -0.1) is 0 Å². The standard InChI is InChI=1S/C9H15N3O4/c1-5(13)4-10-7(14)2-6-3-8(15)12-9(16)11-6/h5-6,13H,2-4H2,1H3,(H,10,14)(H2,11,12,15,16). The van der Waals surface area contributed by atoms with Gasteiger partial charge in [0.1, 0.15) is 0 Å². The zero-order valence-electron chi connectivity index (χ0n) is 8.95. The van der Waals surface area contributed by atoms with E-state index in [2.05, 4.69) is 16.0 Å². The molecule has 4 amide bonds. The summed E-state index contributed by atoms with van der Waals surface area (Å²) in [4.78, 5) is 33.2. The molecule has 1 heterocycles. The van der Waals surface area contributed by atoms with Crippen LogP contribution in [0.2, 0.25) is 0 Å². The van der Waals surface area contributed by atoms with E-state index in [0.29, 0.717) is 0 Å². The molecule has 2 atom stereocenters. The highest BCUT2D eigenvalue weighted by molar-refractivity contribution is 5.97. The number of rotatable bonds is 4. The van der Waals surface area contributed by atoms with E-state index in [-0.39, 0.29) is 25.3 Å². The van der Waals surface area contributed by atoms with Crippen LogP contribution in [-0.4, -0.2) is 41.6 Å². The van der Waals surface area contributed by atoms with E-state index in [1.165, 1.54) is 0 Å². The molecule has 0 radical (unpaired) electrons. The molecule has 0 aromatic carbocycles. The molecule has 0 spiro atoms. The molecule has 7 heteroatoms. The van der Waals surface area contributed by atoms with Crippen LogP contribution in [0, 0.1) is 0 Å². The molecule has 1 aliphatic rings. The maximum absolute atomic E-state index is 11.3. The Labute approximate surface area is 92.6 Å². The lowest BCUT2D eigenvalue weighted by Crippen LogP contribution is -2.53. The Hall–Kier alpha value is -1.63. The van der Waals surface area contributed by atoms with Crippen molar-refractivity contribution >= 4 is 17.8 Å². The van der Waals surface area contributed by atoms with E-state index in [4.69, 9.17) is 5.11 Å². The lowest BCUT2D eigenvalue weighted by Gasteiger charge is -2.22. The topological polar surface area (TPSA) is 108 Å². The second-order valence-corrected chi connectivity index (χ2v) is 3.78. The molecular weight excluding hydrogens is 214 g/mol. The summed E-state index contributed by atoms with van der Waals surface area (Å²) in [6.07, 6.45) is -0.493. The summed E-state index contributed by atoms with van der Waals surface area (Å²) in [6.45, 7) is 1.71. The monoisotopic (exact) mass is 229 g/mol. The van der Waals surface area contributed by atoms with Crippen LogP contribution >= 0.6 is 0 Å². The Morgan fingerprint density at radius 2 is 2.31 bits per heavy atom. The van der Waals surface area contributed by atoms with Gasteiger partial charge in [0.2, 0.25) is 11.8 Å². The average Bonchev–Trinajstić information content (AvgIpc) is 2.12. The fraction of sp³-hybridized carbons (Fsp3) is 0.667. The largest absolute Gasteiger partial charge is 0.392 e. The number of urea groups is 1.